The summed E-state index contributed by atoms with van der Waals surface area (Å²) in [6.45, 7) is 4.18. The smallest absolute Gasteiger partial charge is 0.352 e. The number of H-pyrrole nitrogens is 1. The number of aromatic carboxylic acids is 1. The van der Waals surface area contributed by atoms with Gasteiger partial charge in [0, 0.05) is 19.6 Å². The minimum absolute atomic E-state index is 0.0669. The summed E-state index contributed by atoms with van der Waals surface area (Å²) in [6.07, 6.45) is 0. The zero-order valence-electron chi connectivity index (χ0n) is 13.8. The van der Waals surface area contributed by atoms with Gasteiger partial charge in [-0.2, -0.15) is 0 Å². The molecule has 8 heteroatoms. The van der Waals surface area contributed by atoms with Gasteiger partial charge in [-0.1, -0.05) is 18.2 Å². The van der Waals surface area contributed by atoms with E-state index in [1.807, 2.05) is 4.90 Å². The van der Waals surface area contributed by atoms with Crippen LogP contribution in [0.3, 0.4) is 0 Å². The summed E-state index contributed by atoms with van der Waals surface area (Å²) in [4.78, 5) is 41.1. The van der Waals surface area contributed by atoms with E-state index in [9.17, 15) is 19.5 Å². The van der Waals surface area contributed by atoms with Crippen LogP contribution < -0.4 is 11.2 Å². The maximum Gasteiger partial charge on any atom is 0.352 e. The lowest BCUT2D eigenvalue weighted by molar-refractivity contribution is 0.0336. The van der Waals surface area contributed by atoms with Crippen LogP contribution in [0.2, 0.25) is 0 Å². The van der Waals surface area contributed by atoms with Gasteiger partial charge >= 0.3 is 11.7 Å². The maximum absolute atomic E-state index is 13.0. The lowest BCUT2D eigenvalue weighted by atomic mass is 10.1. The van der Waals surface area contributed by atoms with Crippen LogP contribution in [0.25, 0.3) is 5.69 Å². The van der Waals surface area contributed by atoms with Gasteiger partial charge in [-0.05, 0) is 18.6 Å². The van der Waals surface area contributed by atoms with E-state index in [-0.39, 0.29) is 17.8 Å². The molecule has 132 valence electrons. The molecule has 1 fully saturated rings. The van der Waals surface area contributed by atoms with Gasteiger partial charge < -0.3 is 14.8 Å². The number of hydrogen-bond donors (Lipinski definition) is 2. The highest BCUT2D eigenvalue weighted by Crippen LogP contribution is 2.11. The zero-order valence-corrected chi connectivity index (χ0v) is 13.8. The molecule has 1 aliphatic rings. The minimum Gasteiger partial charge on any atom is -0.477 e. The van der Waals surface area contributed by atoms with Crippen LogP contribution in [0, 0.1) is 6.92 Å². The molecule has 8 nitrogen and oxygen atoms in total. The fraction of sp³-hybridized carbons (Fsp3) is 0.353. The second-order valence-corrected chi connectivity index (χ2v) is 5.90. The van der Waals surface area contributed by atoms with Gasteiger partial charge in [-0.15, -0.1) is 0 Å². The predicted octanol–water partition coefficient (Wildman–Crippen LogP) is 0.365. The van der Waals surface area contributed by atoms with Crippen LogP contribution >= 0.6 is 0 Å². The van der Waals surface area contributed by atoms with Crippen molar-refractivity contribution in [2.75, 3.05) is 26.3 Å². The van der Waals surface area contributed by atoms with Gasteiger partial charge in [-0.3, -0.25) is 9.69 Å². The molecule has 0 radical (unpaired) electrons. The monoisotopic (exact) mass is 345 g/mol. The molecule has 0 amide bonds. The number of carboxylic acid groups (broad SMARTS) is 1. The number of nitrogens with zero attached hydrogens (tertiary/aromatic N) is 2. The first-order chi connectivity index (χ1) is 12.0. The molecule has 2 aromatic rings. The summed E-state index contributed by atoms with van der Waals surface area (Å²) in [5.41, 5.74) is -0.475. The number of ether oxygens (including phenoxy) is 1. The minimum atomic E-state index is -1.32. The average molecular weight is 345 g/mol. The van der Waals surface area contributed by atoms with Crippen molar-refractivity contribution in [2.24, 2.45) is 0 Å². The van der Waals surface area contributed by atoms with Crippen LogP contribution in [-0.4, -0.2) is 51.8 Å². The Morgan fingerprint density at radius 1 is 1.24 bits per heavy atom. The second-order valence-electron chi connectivity index (χ2n) is 5.90. The largest absolute Gasteiger partial charge is 0.477 e. The Morgan fingerprint density at radius 2 is 1.92 bits per heavy atom. The Labute approximate surface area is 143 Å². The van der Waals surface area contributed by atoms with Crippen molar-refractivity contribution in [3.8, 4) is 5.69 Å². The van der Waals surface area contributed by atoms with Crippen molar-refractivity contribution in [2.45, 2.75) is 13.5 Å². The first kappa shape index (κ1) is 17.1. The van der Waals surface area contributed by atoms with E-state index in [1.165, 1.54) is 0 Å². The van der Waals surface area contributed by atoms with E-state index >= 15 is 0 Å². The zero-order chi connectivity index (χ0) is 18.0. The highest BCUT2D eigenvalue weighted by Gasteiger charge is 2.23. The van der Waals surface area contributed by atoms with E-state index in [4.69, 9.17) is 4.74 Å². The number of para-hydroxylation sites is 1. The number of nitrogens with one attached hydrogen (secondary N) is 1. The molecular weight excluding hydrogens is 326 g/mol. The van der Waals surface area contributed by atoms with E-state index in [1.54, 1.807) is 31.2 Å². The van der Waals surface area contributed by atoms with Crippen LogP contribution in [0.15, 0.2) is 33.9 Å². The number of carboxylic acids is 1. The molecule has 1 aliphatic heterocycles. The Kier molecular flexibility index (Phi) is 4.82. The molecule has 1 aromatic heterocycles. The van der Waals surface area contributed by atoms with Gasteiger partial charge in [0.2, 0.25) is 0 Å². The fourth-order valence-electron chi connectivity index (χ4n) is 2.92. The molecule has 25 heavy (non-hydrogen) atoms. The highest BCUT2D eigenvalue weighted by atomic mass is 16.5. The van der Waals surface area contributed by atoms with Crippen LogP contribution in [0.1, 0.15) is 21.6 Å². The van der Waals surface area contributed by atoms with E-state index in [0.29, 0.717) is 32.0 Å². The lowest BCUT2D eigenvalue weighted by Gasteiger charge is -2.26. The summed E-state index contributed by atoms with van der Waals surface area (Å²) in [6, 6.07) is 6.97. The second kappa shape index (κ2) is 7.04. The van der Waals surface area contributed by atoms with E-state index in [2.05, 4.69) is 4.98 Å². The first-order valence-electron chi connectivity index (χ1n) is 7.96. The van der Waals surface area contributed by atoms with Gasteiger partial charge in [0.1, 0.15) is 5.69 Å². The molecular formula is C17H19N3O5. The summed E-state index contributed by atoms with van der Waals surface area (Å²) in [5, 5.41) is 9.40. The predicted molar refractivity (Wildman–Crippen MR) is 90.5 cm³/mol. The number of aryl methyl sites for hydroxylation is 1. The first-order valence-corrected chi connectivity index (χ1v) is 7.96. The lowest BCUT2D eigenvalue weighted by Crippen LogP contribution is -2.43. The van der Waals surface area contributed by atoms with Crippen molar-refractivity contribution in [3.05, 3.63) is 61.9 Å². The number of morpholine rings is 1. The molecule has 2 heterocycles. The summed E-state index contributed by atoms with van der Waals surface area (Å²) in [5.74, 6) is -1.32. The van der Waals surface area contributed by atoms with Gasteiger partial charge in [0.05, 0.1) is 24.5 Å². The Balaban J connectivity index is 2.16. The SMILES string of the molecule is Cc1ccccc1-n1c(=O)[nH]c(C(=O)O)c(CN2CCOCC2)c1=O. The molecule has 1 aromatic carbocycles. The van der Waals surface area contributed by atoms with Crippen molar-refractivity contribution in [1.82, 2.24) is 14.5 Å². The molecule has 2 N–H and O–H groups in total. The average Bonchev–Trinajstić information content (AvgIpc) is 2.59. The number of aromatic amines is 1. The van der Waals surface area contributed by atoms with Crippen molar-refractivity contribution < 1.29 is 14.6 Å². The number of hydrogen-bond acceptors (Lipinski definition) is 5. The number of benzene rings is 1. The summed E-state index contributed by atoms with van der Waals surface area (Å²) in [7, 11) is 0. The molecule has 0 aliphatic carbocycles. The van der Waals surface area contributed by atoms with Crippen LogP contribution in [-0.2, 0) is 11.3 Å². The molecule has 0 saturated carbocycles. The van der Waals surface area contributed by atoms with Gasteiger partial charge in [-0.25, -0.2) is 14.2 Å². The van der Waals surface area contributed by atoms with E-state index < -0.39 is 17.2 Å². The van der Waals surface area contributed by atoms with Crippen LogP contribution in [0.5, 0.6) is 0 Å². The fourth-order valence-corrected chi connectivity index (χ4v) is 2.92. The normalized spacial score (nSPS) is 15.2. The molecule has 1 saturated heterocycles. The number of carbonyl (C=O) groups is 1. The van der Waals surface area contributed by atoms with Crippen molar-refractivity contribution in [1.29, 1.82) is 0 Å². The molecule has 0 unspecified atom stereocenters. The van der Waals surface area contributed by atoms with Gasteiger partial charge in [0.15, 0.2) is 0 Å². The number of rotatable bonds is 4. The third-order valence-electron chi connectivity index (χ3n) is 4.25. The molecule has 0 bridgehead atoms. The summed E-state index contributed by atoms with van der Waals surface area (Å²) >= 11 is 0. The van der Waals surface area contributed by atoms with Crippen molar-refractivity contribution in [3.63, 3.8) is 0 Å². The van der Waals surface area contributed by atoms with Gasteiger partial charge in [0.25, 0.3) is 5.56 Å². The highest BCUT2D eigenvalue weighted by molar-refractivity contribution is 5.86. The number of aromatic nitrogens is 2. The third-order valence-corrected chi connectivity index (χ3v) is 4.25. The van der Waals surface area contributed by atoms with E-state index in [0.717, 1.165) is 10.1 Å². The summed E-state index contributed by atoms with van der Waals surface area (Å²) < 4.78 is 6.27. The molecule has 0 spiro atoms. The quantitative estimate of drug-likeness (QED) is 0.829. The Bertz CT molecular complexity index is 909. The third kappa shape index (κ3) is 3.40. The standard InChI is InChI=1S/C17H19N3O5/c1-11-4-2-3-5-13(11)20-15(21)12(10-19-6-8-25-9-7-19)14(16(22)23)18-17(20)24/h2-5H,6-10H2,1H3,(H,18,24)(H,22,23). The molecule has 3 rings (SSSR count). The molecule has 0 atom stereocenters. The Morgan fingerprint density at radius 3 is 2.56 bits per heavy atom. The Hall–Kier alpha value is -2.71. The maximum atomic E-state index is 13.0. The van der Waals surface area contributed by atoms with Crippen molar-refractivity contribution >= 4 is 5.97 Å². The topological polar surface area (TPSA) is 105 Å². The van der Waals surface area contributed by atoms with Crippen LogP contribution in [0.4, 0.5) is 0 Å².